The van der Waals surface area contributed by atoms with Crippen LogP contribution in [0.2, 0.25) is 0 Å². The lowest BCUT2D eigenvalue weighted by Gasteiger charge is -2.10. The minimum absolute atomic E-state index is 0.131. The molecule has 0 unspecified atom stereocenters. The van der Waals surface area contributed by atoms with Crippen molar-refractivity contribution >= 4 is 40.3 Å². The second-order valence-corrected chi connectivity index (χ2v) is 6.65. The standard InChI is InChI=1S/C15H18N2O2S2/c1-17(2)8-3-9-19-12-6-4-11(5-7-12)10-13-14(18)16-15(20)21-13/h4-7,10H,3,8-9H2,1-2H3,(H,16,18,20)/b13-10-. The quantitative estimate of drug-likeness (QED) is 0.495. The third-order valence-electron chi connectivity index (χ3n) is 2.84. The number of benzene rings is 1. The van der Waals surface area contributed by atoms with Gasteiger partial charge in [0.2, 0.25) is 0 Å². The van der Waals surface area contributed by atoms with Crippen molar-refractivity contribution in [2.24, 2.45) is 0 Å². The Morgan fingerprint density at radius 2 is 2.05 bits per heavy atom. The van der Waals surface area contributed by atoms with Crippen LogP contribution in [0.5, 0.6) is 5.75 Å². The molecular formula is C15H18N2O2S2. The van der Waals surface area contributed by atoms with Crippen LogP contribution in [0.3, 0.4) is 0 Å². The van der Waals surface area contributed by atoms with E-state index in [1.54, 1.807) is 0 Å². The zero-order valence-electron chi connectivity index (χ0n) is 12.1. The summed E-state index contributed by atoms with van der Waals surface area (Å²) in [6.45, 7) is 1.71. The highest BCUT2D eigenvalue weighted by atomic mass is 32.2. The minimum Gasteiger partial charge on any atom is -0.494 e. The SMILES string of the molecule is CN(C)CCCOc1ccc(/C=C2\SC(=S)NC2=O)cc1. The Bertz CT molecular complexity index is 553. The third-order valence-corrected chi connectivity index (χ3v) is 4.00. The molecule has 6 heteroatoms. The number of hydrogen-bond acceptors (Lipinski definition) is 5. The van der Waals surface area contributed by atoms with Gasteiger partial charge in [-0.3, -0.25) is 4.79 Å². The lowest BCUT2D eigenvalue weighted by molar-refractivity contribution is -0.115. The Kier molecular flexibility index (Phi) is 5.78. The van der Waals surface area contributed by atoms with Crippen LogP contribution in [0, 0.1) is 0 Å². The van der Waals surface area contributed by atoms with E-state index in [1.165, 1.54) is 11.8 Å². The van der Waals surface area contributed by atoms with Gasteiger partial charge in [-0.25, -0.2) is 0 Å². The second-order valence-electron chi connectivity index (χ2n) is 4.93. The monoisotopic (exact) mass is 322 g/mol. The van der Waals surface area contributed by atoms with Gasteiger partial charge >= 0.3 is 0 Å². The van der Waals surface area contributed by atoms with Crippen molar-refractivity contribution < 1.29 is 9.53 Å². The molecule has 1 heterocycles. The first-order valence-electron chi connectivity index (χ1n) is 6.67. The minimum atomic E-state index is -0.131. The molecular weight excluding hydrogens is 304 g/mol. The zero-order valence-corrected chi connectivity index (χ0v) is 13.7. The fourth-order valence-electron chi connectivity index (χ4n) is 1.80. The van der Waals surface area contributed by atoms with E-state index in [0.29, 0.717) is 15.8 Å². The number of amides is 1. The van der Waals surface area contributed by atoms with E-state index in [4.69, 9.17) is 17.0 Å². The molecule has 4 nitrogen and oxygen atoms in total. The van der Waals surface area contributed by atoms with Gasteiger partial charge in [-0.15, -0.1) is 0 Å². The average molecular weight is 322 g/mol. The highest BCUT2D eigenvalue weighted by Crippen LogP contribution is 2.26. The maximum atomic E-state index is 11.6. The number of thiocarbonyl (C=S) groups is 1. The summed E-state index contributed by atoms with van der Waals surface area (Å²) in [5, 5.41) is 2.60. The molecule has 0 bridgehead atoms. The molecule has 1 aromatic carbocycles. The van der Waals surface area contributed by atoms with Crippen molar-refractivity contribution in [3.05, 3.63) is 34.7 Å². The summed E-state index contributed by atoms with van der Waals surface area (Å²) in [5.41, 5.74) is 0.956. The van der Waals surface area contributed by atoms with Gasteiger partial charge in [-0.1, -0.05) is 36.1 Å². The Morgan fingerprint density at radius 1 is 1.33 bits per heavy atom. The molecule has 1 fully saturated rings. The van der Waals surface area contributed by atoms with Crippen LogP contribution in [0.1, 0.15) is 12.0 Å². The number of nitrogens with one attached hydrogen (secondary N) is 1. The third kappa shape index (κ3) is 5.15. The Morgan fingerprint density at radius 3 is 2.62 bits per heavy atom. The molecule has 2 rings (SSSR count). The number of rotatable bonds is 6. The van der Waals surface area contributed by atoms with Gasteiger partial charge in [0, 0.05) is 6.54 Å². The van der Waals surface area contributed by atoms with Crippen LogP contribution < -0.4 is 10.1 Å². The maximum absolute atomic E-state index is 11.6. The molecule has 0 saturated carbocycles. The van der Waals surface area contributed by atoms with Gasteiger partial charge in [0.25, 0.3) is 5.91 Å². The molecule has 1 aromatic rings. The summed E-state index contributed by atoms with van der Waals surface area (Å²) < 4.78 is 6.17. The van der Waals surface area contributed by atoms with Crippen LogP contribution >= 0.6 is 24.0 Å². The Balaban J connectivity index is 1.89. The second kappa shape index (κ2) is 7.59. The van der Waals surface area contributed by atoms with Crippen molar-refractivity contribution in [1.29, 1.82) is 0 Å². The van der Waals surface area contributed by atoms with Crippen LogP contribution in [-0.4, -0.2) is 42.4 Å². The fourth-order valence-corrected chi connectivity index (χ4v) is 2.85. The van der Waals surface area contributed by atoms with Crippen LogP contribution in [-0.2, 0) is 4.79 Å². The maximum Gasteiger partial charge on any atom is 0.263 e. The van der Waals surface area contributed by atoms with Crippen molar-refractivity contribution in [3.8, 4) is 5.75 Å². The molecule has 0 spiro atoms. The Labute approximate surface area is 134 Å². The number of ether oxygens (including phenoxy) is 1. The van der Waals surface area contributed by atoms with E-state index in [-0.39, 0.29) is 5.91 Å². The summed E-state index contributed by atoms with van der Waals surface area (Å²) in [4.78, 5) is 14.3. The number of hydrogen-bond donors (Lipinski definition) is 1. The van der Waals surface area contributed by atoms with Gasteiger partial charge in [0.05, 0.1) is 11.5 Å². The summed E-state index contributed by atoms with van der Waals surface area (Å²) in [6.07, 6.45) is 2.82. The normalized spacial score (nSPS) is 16.6. The number of carbonyl (C=O) groups excluding carboxylic acids is 1. The van der Waals surface area contributed by atoms with Gasteiger partial charge in [-0.05, 0) is 44.3 Å². The molecule has 0 atom stereocenters. The van der Waals surface area contributed by atoms with Gasteiger partial charge in [0.15, 0.2) is 0 Å². The van der Waals surface area contributed by atoms with E-state index in [0.717, 1.165) is 24.3 Å². The van der Waals surface area contributed by atoms with Crippen molar-refractivity contribution in [2.75, 3.05) is 27.2 Å². The van der Waals surface area contributed by atoms with Crippen molar-refractivity contribution in [1.82, 2.24) is 10.2 Å². The molecule has 0 aliphatic carbocycles. The Hall–Kier alpha value is -1.37. The summed E-state index contributed by atoms with van der Waals surface area (Å²) in [5.74, 6) is 0.712. The summed E-state index contributed by atoms with van der Waals surface area (Å²) in [7, 11) is 4.09. The lowest BCUT2D eigenvalue weighted by Crippen LogP contribution is -2.17. The molecule has 1 aliphatic heterocycles. The smallest absolute Gasteiger partial charge is 0.263 e. The van der Waals surface area contributed by atoms with E-state index in [1.807, 2.05) is 44.4 Å². The van der Waals surface area contributed by atoms with Gasteiger partial charge < -0.3 is 15.0 Å². The zero-order chi connectivity index (χ0) is 15.2. The topological polar surface area (TPSA) is 41.6 Å². The molecule has 1 amide bonds. The molecule has 1 N–H and O–H groups in total. The molecule has 1 aliphatic rings. The van der Waals surface area contributed by atoms with E-state index in [2.05, 4.69) is 10.2 Å². The highest BCUT2D eigenvalue weighted by molar-refractivity contribution is 8.26. The first-order chi connectivity index (χ1) is 10.0. The van der Waals surface area contributed by atoms with Gasteiger partial charge in [-0.2, -0.15) is 0 Å². The van der Waals surface area contributed by atoms with Crippen LogP contribution in [0.15, 0.2) is 29.2 Å². The number of nitrogens with zero attached hydrogens (tertiary/aromatic N) is 1. The van der Waals surface area contributed by atoms with Crippen LogP contribution in [0.25, 0.3) is 6.08 Å². The molecule has 112 valence electrons. The lowest BCUT2D eigenvalue weighted by atomic mass is 10.2. The molecule has 1 saturated heterocycles. The van der Waals surface area contributed by atoms with Gasteiger partial charge in [0.1, 0.15) is 10.1 Å². The first kappa shape index (κ1) is 16.0. The van der Waals surface area contributed by atoms with Crippen LogP contribution in [0.4, 0.5) is 0 Å². The van der Waals surface area contributed by atoms with E-state index < -0.39 is 0 Å². The highest BCUT2D eigenvalue weighted by Gasteiger charge is 2.21. The molecule has 21 heavy (non-hydrogen) atoms. The van der Waals surface area contributed by atoms with E-state index >= 15 is 0 Å². The van der Waals surface area contributed by atoms with Crippen molar-refractivity contribution in [2.45, 2.75) is 6.42 Å². The van der Waals surface area contributed by atoms with E-state index in [9.17, 15) is 4.79 Å². The predicted octanol–water partition coefficient (Wildman–Crippen LogP) is 2.51. The molecule has 0 radical (unpaired) electrons. The number of thioether (sulfide) groups is 1. The number of carbonyl (C=O) groups is 1. The summed E-state index contributed by atoms with van der Waals surface area (Å²) >= 11 is 6.24. The molecule has 0 aromatic heterocycles. The fraction of sp³-hybridized carbons (Fsp3) is 0.333. The van der Waals surface area contributed by atoms with Crippen molar-refractivity contribution in [3.63, 3.8) is 0 Å². The summed E-state index contributed by atoms with van der Waals surface area (Å²) in [6, 6.07) is 7.70. The first-order valence-corrected chi connectivity index (χ1v) is 7.89. The largest absolute Gasteiger partial charge is 0.494 e. The average Bonchev–Trinajstić information content (AvgIpc) is 2.74. The predicted molar refractivity (Wildman–Crippen MR) is 91.4 cm³/mol.